The highest BCUT2D eigenvalue weighted by molar-refractivity contribution is 14.1. The molecule has 2 aromatic rings. The van der Waals surface area contributed by atoms with Gasteiger partial charge in [-0.2, -0.15) is 0 Å². The molecule has 0 aromatic heterocycles. The van der Waals surface area contributed by atoms with E-state index >= 15 is 0 Å². The van der Waals surface area contributed by atoms with Crippen LogP contribution in [0.15, 0.2) is 41.3 Å². The first-order valence-electron chi connectivity index (χ1n) is 5.72. The van der Waals surface area contributed by atoms with Gasteiger partial charge in [-0.3, -0.25) is 4.72 Å². The molecule has 0 saturated carbocycles. The summed E-state index contributed by atoms with van der Waals surface area (Å²) in [5, 5.41) is 9.38. The van der Waals surface area contributed by atoms with Crippen LogP contribution in [0.5, 0.6) is 0 Å². The minimum Gasteiger partial charge on any atom is -0.392 e. The molecule has 8 heteroatoms. The Morgan fingerprint density at radius 2 is 1.81 bits per heavy atom. The highest BCUT2D eigenvalue weighted by Gasteiger charge is 2.22. The molecule has 2 N–H and O–H groups in total. The fraction of sp³-hybridized carbons (Fsp3) is 0.0769. The summed E-state index contributed by atoms with van der Waals surface area (Å²) in [6.07, 6.45) is 0. The summed E-state index contributed by atoms with van der Waals surface area (Å²) in [6, 6.07) is 9.66. The Hall–Kier alpha value is -0.540. The Labute approximate surface area is 146 Å². The molecule has 0 unspecified atom stereocenters. The third-order valence-electron chi connectivity index (χ3n) is 2.72. The Morgan fingerprint density at radius 3 is 2.43 bits per heavy atom. The zero-order valence-corrected chi connectivity index (χ0v) is 15.0. The van der Waals surface area contributed by atoms with Crippen molar-refractivity contribution in [2.45, 2.75) is 11.5 Å². The molecule has 0 heterocycles. The van der Waals surface area contributed by atoms with Crippen LogP contribution in [0.2, 0.25) is 10.0 Å². The summed E-state index contributed by atoms with van der Waals surface area (Å²) in [5.74, 6) is 0. The second-order valence-electron chi connectivity index (χ2n) is 4.08. The van der Waals surface area contributed by atoms with Crippen LogP contribution >= 0.6 is 45.8 Å². The lowest BCUT2D eigenvalue weighted by Gasteiger charge is -2.13. The minimum absolute atomic E-state index is 0.0801. The summed E-state index contributed by atoms with van der Waals surface area (Å²) in [6.45, 7) is -0.441. The molecule has 0 aliphatic rings. The van der Waals surface area contributed by atoms with E-state index in [0.29, 0.717) is 5.69 Å². The number of hydrogen-bond acceptors (Lipinski definition) is 3. The fourth-order valence-electron chi connectivity index (χ4n) is 1.67. The lowest BCUT2D eigenvalue weighted by atomic mass is 10.2. The van der Waals surface area contributed by atoms with Crippen molar-refractivity contribution in [3.63, 3.8) is 0 Å². The molecule has 2 aromatic carbocycles. The van der Waals surface area contributed by atoms with Gasteiger partial charge in [-0.1, -0.05) is 35.3 Å². The van der Waals surface area contributed by atoms with Gasteiger partial charge in [0.2, 0.25) is 0 Å². The maximum absolute atomic E-state index is 12.4. The third kappa shape index (κ3) is 3.62. The van der Waals surface area contributed by atoms with Crippen molar-refractivity contribution < 1.29 is 13.5 Å². The number of anilines is 1. The number of rotatable bonds is 4. The van der Waals surface area contributed by atoms with Gasteiger partial charge in [0.05, 0.1) is 17.3 Å². The molecule has 0 fully saturated rings. The van der Waals surface area contributed by atoms with E-state index in [-0.39, 0.29) is 20.5 Å². The van der Waals surface area contributed by atoms with Crippen LogP contribution in [0.3, 0.4) is 0 Å². The van der Waals surface area contributed by atoms with E-state index in [0.717, 1.165) is 3.57 Å². The molecule has 21 heavy (non-hydrogen) atoms. The van der Waals surface area contributed by atoms with E-state index in [1.165, 1.54) is 12.1 Å². The van der Waals surface area contributed by atoms with Crippen LogP contribution < -0.4 is 4.72 Å². The molecule has 0 aliphatic carbocycles. The highest BCUT2D eigenvalue weighted by Crippen LogP contribution is 2.32. The number of benzene rings is 2. The van der Waals surface area contributed by atoms with Crippen molar-refractivity contribution in [1.82, 2.24) is 0 Å². The maximum Gasteiger partial charge on any atom is 0.263 e. The van der Waals surface area contributed by atoms with Crippen LogP contribution in [-0.4, -0.2) is 13.5 Å². The summed E-state index contributed by atoms with van der Waals surface area (Å²) in [7, 11) is -3.87. The quantitative estimate of drug-likeness (QED) is 0.684. The predicted molar refractivity (Wildman–Crippen MR) is 92.4 cm³/mol. The molecule has 4 nitrogen and oxygen atoms in total. The molecule has 0 aliphatic heterocycles. The Balaban J connectivity index is 2.48. The van der Waals surface area contributed by atoms with Crippen LogP contribution in [0, 0.1) is 3.57 Å². The first-order chi connectivity index (χ1) is 9.86. The average molecular weight is 458 g/mol. The van der Waals surface area contributed by atoms with Crippen molar-refractivity contribution in [1.29, 1.82) is 0 Å². The number of nitrogens with one attached hydrogen (secondary N) is 1. The van der Waals surface area contributed by atoms with E-state index in [4.69, 9.17) is 23.2 Å². The predicted octanol–water partition coefficient (Wildman–Crippen LogP) is 3.89. The van der Waals surface area contributed by atoms with Crippen LogP contribution in [0.1, 0.15) is 5.56 Å². The van der Waals surface area contributed by atoms with Crippen molar-refractivity contribution in [3.05, 3.63) is 55.6 Å². The summed E-state index contributed by atoms with van der Waals surface area (Å²) < 4.78 is 28.1. The number of hydrogen-bond donors (Lipinski definition) is 2. The van der Waals surface area contributed by atoms with Gasteiger partial charge in [0, 0.05) is 14.2 Å². The van der Waals surface area contributed by atoms with E-state index in [9.17, 15) is 13.5 Å². The van der Waals surface area contributed by atoms with Crippen LogP contribution in [0.4, 0.5) is 5.69 Å². The third-order valence-corrected chi connectivity index (χ3v) is 5.96. The number of aliphatic hydroxyl groups excluding tert-OH is 1. The smallest absolute Gasteiger partial charge is 0.263 e. The van der Waals surface area contributed by atoms with Gasteiger partial charge in [-0.15, -0.1) is 0 Å². The summed E-state index contributed by atoms with van der Waals surface area (Å²) >= 11 is 13.9. The largest absolute Gasteiger partial charge is 0.392 e. The first kappa shape index (κ1) is 16.8. The molecule has 112 valence electrons. The molecular weight excluding hydrogens is 448 g/mol. The molecule has 0 atom stereocenters. The van der Waals surface area contributed by atoms with E-state index < -0.39 is 16.6 Å². The van der Waals surface area contributed by atoms with Gasteiger partial charge in [0.25, 0.3) is 10.0 Å². The van der Waals surface area contributed by atoms with Gasteiger partial charge in [0.15, 0.2) is 0 Å². The molecule has 0 bridgehead atoms. The summed E-state index contributed by atoms with van der Waals surface area (Å²) in [5.41, 5.74) is 0.638. The van der Waals surface area contributed by atoms with Crippen molar-refractivity contribution in [2.24, 2.45) is 0 Å². The lowest BCUT2D eigenvalue weighted by Crippen LogP contribution is -2.15. The number of aliphatic hydroxyl groups is 1. The topological polar surface area (TPSA) is 66.4 Å². The minimum atomic E-state index is -3.87. The van der Waals surface area contributed by atoms with E-state index in [2.05, 4.69) is 4.72 Å². The molecule has 2 rings (SSSR count). The zero-order chi connectivity index (χ0) is 15.6. The molecule has 0 radical (unpaired) electrons. The first-order valence-corrected chi connectivity index (χ1v) is 9.03. The lowest BCUT2D eigenvalue weighted by molar-refractivity contribution is 0.282. The zero-order valence-electron chi connectivity index (χ0n) is 10.5. The van der Waals surface area contributed by atoms with Gasteiger partial charge in [-0.05, 0) is 46.9 Å². The second kappa shape index (κ2) is 6.70. The monoisotopic (exact) mass is 457 g/mol. The normalized spacial score (nSPS) is 11.4. The number of para-hydroxylation sites is 1. The number of sulfonamides is 1. The van der Waals surface area contributed by atoms with E-state index in [1.54, 1.807) is 24.3 Å². The van der Waals surface area contributed by atoms with E-state index in [1.807, 2.05) is 22.6 Å². The Bertz CT molecular complexity index is 781. The van der Waals surface area contributed by atoms with Gasteiger partial charge >= 0.3 is 0 Å². The molecule has 0 saturated heterocycles. The molecular formula is C13H10Cl2INO3S. The standard InChI is InChI=1S/C13H10Cl2INO3S/c14-9-5-6-12(13(15)8(9)7-18)21(19,20)17-11-4-2-1-3-10(11)16/h1-6,17-18H,7H2. The fourth-order valence-corrected chi connectivity index (χ4v) is 4.36. The number of halogens is 3. The van der Waals surface area contributed by atoms with Crippen molar-refractivity contribution in [3.8, 4) is 0 Å². The van der Waals surface area contributed by atoms with Crippen molar-refractivity contribution >= 4 is 61.5 Å². The highest BCUT2D eigenvalue weighted by atomic mass is 127. The second-order valence-corrected chi connectivity index (χ2v) is 7.68. The van der Waals surface area contributed by atoms with Crippen LogP contribution in [-0.2, 0) is 16.6 Å². The van der Waals surface area contributed by atoms with Gasteiger partial charge in [0.1, 0.15) is 4.90 Å². The molecule has 0 amide bonds. The van der Waals surface area contributed by atoms with Crippen LogP contribution in [0.25, 0.3) is 0 Å². The van der Waals surface area contributed by atoms with Crippen molar-refractivity contribution in [2.75, 3.05) is 4.72 Å². The van der Waals surface area contributed by atoms with Gasteiger partial charge < -0.3 is 5.11 Å². The Morgan fingerprint density at radius 1 is 1.14 bits per heavy atom. The van der Waals surface area contributed by atoms with Gasteiger partial charge in [-0.25, -0.2) is 8.42 Å². The summed E-state index contributed by atoms with van der Waals surface area (Å²) in [4.78, 5) is -0.128. The Kier molecular flexibility index (Phi) is 5.37. The maximum atomic E-state index is 12.4. The SMILES string of the molecule is O=S(=O)(Nc1ccccc1I)c1ccc(Cl)c(CO)c1Cl. The average Bonchev–Trinajstić information content (AvgIpc) is 2.41. The molecule has 0 spiro atoms.